The third kappa shape index (κ3) is 3.39. The van der Waals surface area contributed by atoms with E-state index in [2.05, 4.69) is 5.10 Å². The summed E-state index contributed by atoms with van der Waals surface area (Å²) in [5.41, 5.74) is 1.36. The fourth-order valence-corrected chi connectivity index (χ4v) is 2.11. The van der Waals surface area contributed by atoms with Gasteiger partial charge >= 0.3 is 5.97 Å². The number of rotatable bonds is 5. The smallest absolute Gasteiger partial charge is 0.326 e. The van der Waals surface area contributed by atoms with Crippen LogP contribution in [0.5, 0.6) is 0 Å². The number of carbonyl (C=O) groups excluding carboxylic acids is 1. The number of aliphatic carboxylic acids is 1. The predicted molar refractivity (Wildman–Crippen MR) is 76.5 cm³/mol. The van der Waals surface area contributed by atoms with E-state index in [1.54, 1.807) is 27.0 Å². The van der Waals surface area contributed by atoms with Gasteiger partial charge in [-0.05, 0) is 19.4 Å². The van der Waals surface area contributed by atoms with E-state index in [1.807, 2.05) is 0 Å². The molecule has 1 amide bonds. The monoisotopic (exact) mass is 299 g/mol. The van der Waals surface area contributed by atoms with Crippen LogP contribution in [-0.2, 0) is 16.6 Å². The highest BCUT2D eigenvalue weighted by atomic mass is 35.5. The molecule has 1 N–H and O–H groups in total. The van der Waals surface area contributed by atoms with Crippen LogP contribution < -0.4 is 0 Å². The summed E-state index contributed by atoms with van der Waals surface area (Å²) in [5.74, 6) is -1.41. The van der Waals surface area contributed by atoms with Crippen molar-refractivity contribution in [2.75, 3.05) is 7.05 Å². The van der Waals surface area contributed by atoms with Gasteiger partial charge in [0.25, 0.3) is 0 Å². The summed E-state index contributed by atoms with van der Waals surface area (Å²) < 4.78 is 1.51. The zero-order chi connectivity index (χ0) is 15.4. The van der Waals surface area contributed by atoms with Crippen LogP contribution in [0.1, 0.15) is 24.6 Å². The second kappa shape index (κ2) is 6.56. The molecule has 1 atom stereocenters. The topological polar surface area (TPSA) is 75.4 Å². The maximum absolute atomic E-state index is 12.0. The number of hydrogen-bond acceptors (Lipinski definition) is 3. The summed E-state index contributed by atoms with van der Waals surface area (Å²) in [6, 6.07) is -0.836. The van der Waals surface area contributed by atoms with Gasteiger partial charge in [0.15, 0.2) is 0 Å². The van der Waals surface area contributed by atoms with Crippen LogP contribution in [0.4, 0.5) is 0 Å². The molecule has 1 rings (SSSR count). The fraction of sp³-hybridized carbons (Fsp3) is 0.462. The van der Waals surface area contributed by atoms with E-state index in [1.165, 1.54) is 22.7 Å². The van der Waals surface area contributed by atoms with Crippen LogP contribution in [0.15, 0.2) is 6.08 Å². The molecule has 1 aromatic heterocycles. The van der Waals surface area contributed by atoms with Gasteiger partial charge in [0.2, 0.25) is 5.91 Å². The number of hydrogen-bond donors (Lipinski definition) is 1. The van der Waals surface area contributed by atoms with Crippen LogP contribution >= 0.6 is 11.6 Å². The molecule has 0 fully saturated rings. The van der Waals surface area contributed by atoms with Crippen LogP contribution in [0, 0.1) is 6.92 Å². The standard InChI is InChI=1S/C13H18ClN3O3/c1-5-10(13(19)20)16(3)11(18)7-6-9-8(2)15-17(4)12(9)14/h6-7,10H,5H2,1-4H3,(H,19,20). The molecule has 0 radical (unpaired) electrons. The van der Waals surface area contributed by atoms with Crippen molar-refractivity contribution in [3.8, 4) is 0 Å². The first-order chi connectivity index (χ1) is 9.29. The van der Waals surface area contributed by atoms with Crippen LogP contribution in [-0.4, -0.2) is 44.8 Å². The number of amides is 1. The Morgan fingerprint density at radius 1 is 1.55 bits per heavy atom. The SMILES string of the molecule is CCC(C(=O)O)N(C)C(=O)C=Cc1c(C)nn(C)c1Cl. The maximum atomic E-state index is 12.0. The van der Waals surface area contributed by atoms with Gasteiger partial charge in [-0.25, -0.2) is 4.79 Å². The van der Waals surface area contributed by atoms with Crippen molar-refractivity contribution in [3.05, 3.63) is 22.5 Å². The number of carboxylic acids is 1. The van der Waals surface area contributed by atoms with Crippen molar-refractivity contribution in [1.29, 1.82) is 0 Å². The van der Waals surface area contributed by atoms with Crippen LogP contribution in [0.3, 0.4) is 0 Å². The molecular formula is C13H18ClN3O3. The van der Waals surface area contributed by atoms with Crippen molar-refractivity contribution in [2.45, 2.75) is 26.3 Å². The highest BCUT2D eigenvalue weighted by molar-refractivity contribution is 6.31. The summed E-state index contributed by atoms with van der Waals surface area (Å²) in [4.78, 5) is 24.2. The van der Waals surface area contributed by atoms with Crippen molar-refractivity contribution in [2.24, 2.45) is 7.05 Å². The summed E-state index contributed by atoms with van der Waals surface area (Å²) in [6.07, 6.45) is 3.21. The summed E-state index contributed by atoms with van der Waals surface area (Å²) in [7, 11) is 3.17. The zero-order valence-electron chi connectivity index (χ0n) is 11.9. The molecule has 0 saturated carbocycles. The summed E-state index contributed by atoms with van der Waals surface area (Å²) >= 11 is 6.05. The summed E-state index contributed by atoms with van der Waals surface area (Å²) in [5, 5.41) is 13.6. The minimum absolute atomic E-state index is 0.345. The van der Waals surface area contributed by atoms with Gasteiger partial charge in [-0.15, -0.1) is 0 Å². The molecule has 20 heavy (non-hydrogen) atoms. The first kappa shape index (κ1) is 16.2. The molecule has 0 bridgehead atoms. The Balaban J connectivity index is 2.89. The van der Waals surface area contributed by atoms with Crippen molar-refractivity contribution in [3.63, 3.8) is 0 Å². The quantitative estimate of drug-likeness (QED) is 0.840. The molecule has 1 heterocycles. The van der Waals surface area contributed by atoms with E-state index in [-0.39, 0.29) is 0 Å². The average Bonchev–Trinajstić information content (AvgIpc) is 2.61. The van der Waals surface area contributed by atoms with Gasteiger partial charge in [0.1, 0.15) is 11.2 Å². The molecule has 0 aliphatic carbocycles. The van der Waals surface area contributed by atoms with Crippen molar-refractivity contribution >= 4 is 29.6 Å². The second-order valence-corrected chi connectivity index (χ2v) is 4.82. The van der Waals surface area contributed by atoms with Gasteiger partial charge in [-0.3, -0.25) is 9.48 Å². The molecular weight excluding hydrogens is 282 g/mol. The average molecular weight is 300 g/mol. The molecule has 6 nitrogen and oxygen atoms in total. The molecule has 0 spiro atoms. The fourth-order valence-electron chi connectivity index (χ4n) is 1.88. The van der Waals surface area contributed by atoms with Crippen molar-refractivity contribution in [1.82, 2.24) is 14.7 Å². The Hall–Kier alpha value is -1.82. The number of nitrogens with zero attached hydrogens (tertiary/aromatic N) is 3. The number of halogens is 1. The third-order valence-corrected chi connectivity index (χ3v) is 3.52. The van der Waals surface area contributed by atoms with Gasteiger partial charge in [0, 0.05) is 25.7 Å². The molecule has 0 aliphatic heterocycles. The lowest BCUT2D eigenvalue weighted by Gasteiger charge is -2.22. The molecule has 1 aromatic rings. The lowest BCUT2D eigenvalue weighted by molar-refractivity contribution is -0.147. The third-order valence-electron chi connectivity index (χ3n) is 3.08. The van der Waals surface area contributed by atoms with Gasteiger partial charge in [-0.2, -0.15) is 5.10 Å². The molecule has 7 heteroatoms. The van der Waals surface area contributed by atoms with Crippen molar-refractivity contribution < 1.29 is 14.7 Å². The van der Waals surface area contributed by atoms with Gasteiger partial charge in [0.05, 0.1) is 5.69 Å². The first-order valence-corrected chi connectivity index (χ1v) is 6.54. The first-order valence-electron chi connectivity index (χ1n) is 6.16. The van der Waals surface area contributed by atoms with Crippen LogP contribution in [0.2, 0.25) is 5.15 Å². The number of aromatic nitrogens is 2. The number of carboxylic acid groups (broad SMARTS) is 1. The highest BCUT2D eigenvalue weighted by Gasteiger charge is 2.23. The minimum atomic E-state index is -1.02. The maximum Gasteiger partial charge on any atom is 0.326 e. The van der Waals surface area contributed by atoms with E-state index in [4.69, 9.17) is 16.7 Å². The van der Waals surface area contributed by atoms with E-state index in [0.717, 1.165) is 0 Å². The Bertz CT molecular complexity index is 551. The number of likely N-dealkylation sites (N-methyl/N-ethyl adjacent to an activating group) is 1. The molecule has 0 aliphatic rings. The lowest BCUT2D eigenvalue weighted by atomic mass is 10.2. The minimum Gasteiger partial charge on any atom is -0.480 e. The molecule has 0 aromatic carbocycles. The Kier molecular flexibility index (Phi) is 5.33. The predicted octanol–water partition coefficient (Wildman–Crippen LogP) is 1.72. The highest BCUT2D eigenvalue weighted by Crippen LogP contribution is 2.20. The normalized spacial score (nSPS) is 12.7. The molecule has 1 unspecified atom stereocenters. The number of aryl methyl sites for hydroxylation is 2. The van der Waals surface area contributed by atoms with Crippen LogP contribution in [0.25, 0.3) is 6.08 Å². The van der Waals surface area contributed by atoms with Gasteiger partial charge in [-0.1, -0.05) is 18.5 Å². The Labute approximate surface area is 122 Å². The molecule has 0 saturated heterocycles. The lowest BCUT2D eigenvalue weighted by Crippen LogP contribution is -2.41. The molecule has 110 valence electrons. The second-order valence-electron chi connectivity index (χ2n) is 4.46. The van der Waals surface area contributed by atoms with E-state index >= 15 is 0 Å². The Morgan fingerprint density at radius 3 is 2.55 bits per heavy atom. The summed E-state index contributed by atoms with van der Waals surface area (Å²) in [6.45, 7) is 3.50. The number of carbonyl (C=O) groups is 2. The zero-order valence-corrected chi connectivity index (χ0v) is 12.7. The van der Waals surface area contributed by atoms with E-state index in [0.29, 0.717) is 22.8 Å². The van der Waals surface area contributed by atoms with E-state index < -0.39 is 17.9 Å². The van der Waals surface area contributed by atoms with Gasteiger partial charge < -0.3 is 10.0 Å². The largest absolute Gasteiger partial charge is 0.480 e. The van der Waals surface area contributed by atoms with E-state index in [9.17, 15) is 9.59 Å². The Morgan fingerprint density at radius 2 is 2.15 bits per heavy atom.